The number of carbonyl (C=O) groups is 1. The van der Waals surface area contributed by atoms with Gasteiger partial charge in [-0.15, -0.1) is 0 Å². The molecule has 0 aliphatic carbocycles. The standard InChI is InChI=1S/C24H27N3O3/c1-4-21-23(16(2)26-30-21)20-10-7-9-19(25-20)17-12-14-27(15-13-17)24(28)18-8-5-6-11-22(18)29-3/h5-11,17H,4,12-15H2,1-3H3. The largest absolute Gasteiger partial charge is 0.496 e. The number of benzene rings is 1. The molecule has 6 nitrogen and oxygen atoms in total. The van der Waals surface area contributed by atoms with Crippen LogP contribution in [0.5, 0.6) is 5.75 Å². The maximum absolute atomic E-state index is 13.0. The second-order valence-corrected chi connectivity index (χ2v) is 7.63. The van der Waals surface area contributed by atoms with Crippen molar-refractivity contribution in [2.75, 3.05) is 20.2 Å². The molecular formula is C24H27N3O3. The molecule has 1 aromatic carbocycles. The predicted molar refractivity (Wildman–Crippen MR) is 115 cm³/mol. The van der Waals surface area contributed by atoms with Gasteiger partial charge in [0, 0.05) is 31.1 Å². The van der Waals surface area contributed by atoms with Crippen LogP contribution < -0.4 is 4.74 Å². The summed E-state index contributed by atoms with van der Waals surface area (Å²) in [6.45, 7) is 5.43. The van der Waals surface area contributed by atoms with Crippen molar-refractivity contribution in [3.8, 4) is 17.0 Å². The minimum atomic E-state index is 0.0280. The lowest BCUT2D eigenvalue weighted by molar-refractivity contribution is 0.0708. The molecule has 1 fully saturated rings. The summed E-state index contributed by atoms with van der Waals surface area (Å²) in [5.41, 5.74) is 4.47. The molecule has 4 rings (SSSR count). The average Bonchev–Trinajstić information content (AvgIpc) is 3.19. The van der Waals surface area contributed by atoms with Crippen LogP contribution in [0.1, 0.15) is 53.2 Å². The number of para-hydroxylation sites is 1. The zero-order valence-corrected chi connectivity index (χ0v) is 17.7. The Balaban J connectivity index is 1.48. The highest BCUT2D eigenvalue weighted by molar-refractivity contribution is 5.97. The smallest absolute Gasteiger partial charge is 0.257 e. The van der Waals surface area contributed by atoms with E-state index in [0.717, 1.165) is 47.7 Å². The van der Waals surface area contributed by atoms with Crippen LogP contribution >= 0.6 is 0 Å². The molecule has 1 saturated heterocycles. The molecule has 0 spiro atoms. The fourth-order valence-electron chi connectivity index (χ4n) is 4.17. The maximum atomic E-state index is 13.0. The number of pyridine rings is 1. The summed E-state index contributed by atoms with van der Waals surface area (Å²) >= 11 is 0. The minimum absolute atomic E-state index is 0.0280. The number of hydrogen-bond acceptors (Lipinski definition) is 5. The molecule has 156 valence electrons. The number of nitrogens with zero attached hydrogens (tertiary/aromatic N) is 3. The Morgan fingerprint density at radius 2 is 1.93 bits per heavy atom. The van der Waals surface area contributed by atoms with Crippen LogP contribution in [0.15, 0.2) is 47.0 Å². The van der Waals surface area contributed by atoms with Gasteiger partial charge >= 0.3 is 0 Å². The van der Waals surface area contributed by atoms with Gasteiger partial charge in [-0.1, -0.05) is 30.3 Å². The summed E-state index contributed by atoms with van der Waals surface area (Å²) in [7, 11) is 1.60. The van der Waals surface area contributed by atoms with Crippen LogP contribution in [0.25, 0.3) is 11.3 Å². The van der Waals surface area contributed by atoms with Gasteiger partial charge in [0.2, 0.25) is 0 Å². The fourth-order valence-corrected chi connectivity index (χ4v) is 4.17. The Hall–Kier alpha value is -3.15. The van der Waals surface area contributed by atoms with Gasteiger partial charge in [0.1, 0.15) is 11.5 Å². The molecule has 1 aliphatic rings. The predicted octanol–water partition coefficient (Wildman–Crippen LogP) is 4.64. The lowest BCUT2D eigenvalue weighted by atomic mass is 9.92. The van der Waals surface area contributed by atoms with E-state index < -0.39 is 0 Å². The van der Waals surface area contributed by atoms with Crippen molar-refractivity contribution in [2.45, 2.75) is 39.0 Å². The molecule has 1 aliphatic heterocycles. The molecule has 2 aromatic heterocycles. The molecule has 0 radical (unpaired) electrons. The highest BCUT2D eigenvalue weighted by atomic mass is 16.5. The topological polar surface area (TPSA) is 68.5 Å². The Kier molecular flexibility index (Phi) is 5.84. The van der Waals surface area contributed by atoms with E-state index in [1.165, 1.54) is 0 Å². The number of methoxy groups -OCH3 is 1. The van der Waals surface area contributed by atoms with Crippen LogP contribution in [0, 0.1) is 6.92 Å². The molecule has 0 bridgehead atoms. The van der Waals surface area contributed by atoms with Crippen molar-refractivity contribution >= 4 is 5.91 Å². The molecule has 1 amide bonds. The number of aryl methyl sites for hydroxylation is 2. The van der Waals surface area contributed by atoms with Crippen LogP contribution in [0.3, 0.4) is 0 Å². The van der Waals surface area contributed by atoms with Crippen molar-refractivity contribution in [2.24, 2.45) is 0 Å². The zero-order chi connectivity index (χ0) is 21.1. The van der Waals surface area contributed by atoms with Gasteiger partial charge in [0.15, 0.2) is 0 Å². The van der Waals surface area contributed by atoms with E-state index in [-0.39, 0.29) is 5.91 Å². The zero-order valence-electron chi connectivity index (χ0n) is 17.7. The van der Waals surface area contributed by atoms with Crippen molar-refractivity contribution in [3.63, 3.8) is 0 Å². The van der Waals surface area contributed by atoms with Crippen molar-refractivity contribution < 1.29 is 14.1 Å². The van der Waals surface area contributed by atoms with Crippen molar-refractivity contribution in [1.82, 2.24) is 15.0 Å². The van der Waals surface area contributed by atoms with E-state index in [4.69, 9.17) is 14.2 Å². The number of carbonyl (C=O) groups excluding carboxylic acids is 1. The van der Waals surface area contributed by atoms with Gasteiger partial charge < -0.3 is 14.2 Å². The third kappa shape index (κ3) is 3.82. The number of rotatable bonds is 5. The molecule has 0 unspecified atom stereocenters. The number of aromatic nitrogens is 2. The van der Waals surface area contributed by atoms with E-state index in [9.17, 15) is 4.79 Å². The first kappa shape index (κ1) is 20.1. The lowest BCUT2D eigenvalue weighted by Crippen LogP contribution is -2.38. The average molecular weight is 405 g/mol. The number of piperidine rings is 1. The molecule has 3 aromatic rings. The quantitative estimate of drug-likeness (QED) is 0.619. The normalized spacial score (nSPS) is 14.7. The third-order valence-corrected chi connectivity index (χ3v) is 5.82. The Morgan fingerprint density at radius 1 is 1.17 bits per heavy atom. The van der Waals surface area contributed by atoms with Crippen molar-refractivity contribution in [3.05, 3.63) is 65.2 Å². The lowest BCUT2D eigenvalue weighted by Gasteiger charge is -2.32. The molecule has 0 atom stereocenters. The number of ether oxygens (including phenoxy) is 1. The van der Waals surface area contributed by atoms with Gasteiger partial charge in [0.05, 0.1) is 29.6 Å². The summed E-state index contributed by atoms with van der Waals surface area (Å²) in [5.74, 6) is 1.85. The minimum Gasteiger partial charge on any atom is -0.496 e. The monoisotopic (exact) mass is 405 g/mol. The second-order valence-electron chi connectivity index (χ2n) is 7.63. The van der Waals surface area contributed by atoms with E-state index in [2.05, 4.69) is 24.2 Å². The van der Waals surface area contributed by atoms with E-state index in [1.807, 2.05) is 42.2 Å². The van der Waals surface area contributed by atoms with Gasteiger partial charge in [-0.3, -0.25) is 9.78 Å². The molecule has 0 saturated carbocycles. The Labute approximate surface area is 176 Å². The van der Waals surface area contributed by atoms with Gasteiger partial charge in [-0.05, 0) is 44.0 Å². The van der Waals surface area contributed by atoms with Crippen LogP contribution in [-0.4, -0.2) is 41.1 Å². The maximum Gasteiger partial charge on any atom is 0.257 e. The first-order chi connectivity index (χ1) is 14.6. The summed E-state index contributed by atoms with van der Waals surface area (Å²) in [6, 6.07) is 13.5. The number of hydrogen-bond donors (Lipinski definition) is 0. The molecule has 6 heteroatoms. The second kappa shape index (κ2) is 8.69. The number of amides is 1. The highest BCUT2D eigenvalue weighted by Crippen LogP contribution is 2.32. The SMILES string of the molecule is CCc1onc(C)c1-c1cccc(C2CCN(C(=O)c3ccccc3OC)CC2)n1. The van der Waals surface area contributed by atoms with Crippen molar-refractivity contribution in [1.29, 1.82) is 0 Å². The molecule has 30 heavy (non-hydrogen) atoms. The first-order valence-corrected chi connectivity index (χ1v) is 10.5. The summed E-state index contributed by atoms with van der Waals surface area (Å²) in [5, 5.41) is 4.11. The molecule has 0 N–H and O–H groups in total. The highest BCUT2D eigenvalue weighted by Gasteiger charge is 2.27. The van der Waals surface area contributed by atoms with E-state index in [1.54, 1.807) is 7.11 Å². The Bertz CT molecular complexity index is 1040. The Morgan fingerprint density at radius 3 is 2.67 bits per heavy atom. The molecular weight excluding hydrogens is 378 g/mol. The van der Waals surface area contributed by atoms with Crippen LogP contribution in [-0.2, 0) is 6.42 Å². The fraction of sp³-hybridized carbons (Fsp3) is 0.375. The van der Waals surface area contributed by atoms with Gasteiger partial charge in [-0.2, -0.15) is 0 Å². The van der Waals surface area contributed by atoms with Gasteiger partial charge in [-0.25, -0.2) is 0 Å². The van der Waals surface area contributed by atoms with E-state index in [0.29, 0.717) is 30.3 Å². The number of likely N-dealkylation sites (tertiary alicyclic amines) is 1. The molecule has 3 heterocycles. The third-order valence-electron chi connectivity index (χ3n) is 5.82. The summed E-state index contributed by atoms with van der Waals surface area (Å²) in [6.07, 6.45) is 2.56. The summed E-state index contributed by atoms with van der Waals surface area (Å²) < 4.78 is 10.8. The van der Waals surface area contributed by atoms with Gasteiger partial charge in [0.25, 0.3) is 5.91 Å². The first-order valence-electron chi connectivity index (χ1n) is 10.5. The van der Waals surface area contributed by atoms with Crippen LogP contribution in [0.2, 0.25) is 0 Å². The summed E-state index contributed by atoms with van der Waals surface area (Å²) in [4.78, 5) is 19.8. The van der Waals surface area contributed by atoms with Crippen LogP contribution in [0.4, 0.5) is 0 Å². The van der Waals surface area contributed by atoms with E-state index >= 15 is 0 Å².